The van der Waals surface area contributed by atoms with Crippen molar-refractivity contribution in [3.8, 4) is 5.75 Å². The van der Waals surface area contributed by atoms with Crippen LogP contribution >= 0.6 is 11.8 Å². The van der Waals surface area contributed by atoms with E-state index in [1.165, 1.54) is 11.8 Å². The van der Waals surface area contributed by atoms with Crippen molar-refractivity contribution in [3.05, 3.63) is 101 Å². The number of nitrogens with one attached hydrogen (secondary N) is 1. The van der Waals surface area contributed by atoms with Crippen LogP contribution in [0.3, 0.4) is 0 Å². The third kappa shape index (κ3) is 4.15. The van der Waals surface area contributed by atoms with Crippen molar-refractivity contribution in [1.82, 2.24) is 9.47 Å². The third-order valence-electron chi connectivity index (χ3n) is 5.52. The molecule has 0 atom stereocenters. The quantitative estimate of drug-likeness (QED) is 0.521. The zero-order valence-corrected chi connectivity index (χ0v) is 18.9. The fourth-order valence-electron chi connectivity index (χ4n) is 3.80. The topological polar surface area (TPSA) is 70.7 Å². The summed E-state index contributed by atoms with van der Waals surface area (Å²) in [6, 6.07) is 21.6. The number of ether oxygens (including phenoxy) is 1. The molecule has 3 heterocycles. The molecule has 0 aliphatic carbocycles. The van der Waals surface area contributed by atoms with E-state index in [9.17, 15) is 4.79 Å². The molecule has 5 rings (SSSR count). The minimum atomic E-state index is -0.398. The van der Waals surface area contributed by atoms with Crippen molar-refractivity contribution in [2.75, 3.05) is 6.61 Å². The van der Waals surface area contributed by atoms with Crippen molar-refractivity contribution in [2.24, 2.45) is 4.99 Å². The van der Waals surface area contributed by atoms with Crippen LogP contribution in [0.25, 0.3) is 11.8 Å². The molecule has 0 spiro atoms. The van der Waals surface area contributed by atoms with Gasteiger partial charge in [-0.15, -0.1) is 0 Å². The molecule has 0 bridgehead atoms. The largest absolute Gasteiger partial charge is 0.491 e. The van der Waals surface area contributed by atoms with Gasteiger partial charge in [0.2, 0.25) is 0 Å². The first kappa shape index (κ1) is 21.0. The molecular weight excluding hydrogens is 432 g/mol. The Morgan fingerprint density at radius 3 is 2.67 bits per heavy atom. The van der Waals surface area contributed by atoms with Gasteiger partial charge in [0.15, 0.2) is 5.17 Å². The van der Waals surface area contributed by atoms with Gasteiger partial charge in [-0.25, -0.2) is 0 Å². The zero-order chi connectivity index (χ0) is 22.8. The summed E-state index contributed by atoms with van der Waals surface area (Å²) in [6.45, 7) is 3.13. The van der Waals surface area contributed by atoms with Gasteiger partial charge >= 0.3 is 0 Å². The second kappa shape index (κ2) is 8.96. The van der Waals surface area contributed by atoms with Crippen LogP contribution in [0.5, 0.6) is 5.75 Å². The number of hydrogen-bond donors (Lipinski definition) is 1. The van der Waals surface area contributed by atoms with Gasteiger partial charge in [0.1, 0.15) is 18.2 Å². The Morgan fingerprint density at radius 2 is 1.85 bits per heavy atom. The molecule has 2 aliphatic rings. The monoisotopic (exact) mass is 454 g/mol. The molecular formula is C26H22N4O2S. The van der Waals surface area contributed by atoms with Crippen molar-refractivity contribution in [1.29, 1.82) is 5.41 Å². The summed E-state index contributed by atoms with van der Waals surface area (Å²) in [5.41, 5.74) is 4.01. The van der Waals surface area contributed by atoms with E-state index in [4.69, 9.17) is 10.1 Å². The number of amidine groups is 2. The SMILES string of the molecule is Cc1ccccc1OCCn1cccc1/C=C1/C(=N)N2C(c3ccccc3)=CSC2=NC1=O. The number of rotatable bonds is 6. The van der Waals surface area contributed by atoms with Gasteiger partial charge in [-0.2, -0.15) is 4.99 Å². The van der Waals surface area contributed by atoms with Crippen LogP contribution in [0.2, 0.25) is 0 Å². The summed E-state index contributed by atoms with van der Waals surface area (Å²) >= 11 is 1.36. The Hall–Kier alpha value is -3.84. The molecule has 0 saturated carbocycles. The van der Waals surface area contributed by atoms with E-state index in [1.807, 2.05) is 89.8 Å². The number of nitrogens with zero attached hydrogens (tertiary/aromatic N) is 3. The van der Waals surface area contributed by atoms with Gasteiger partial charge in [0.25, 0.3) is 5.91 Å². The van der Waals surface area contributed by atoms with E-state index < -0.39 is 5.91 Å². The maximum Gasteiger partial charge on any atom is 0.283 e. The number of amides is 1. The van der Waals surface area contributed by atoms with Gasteiger partial charge in [0.05, 0.1) is 17.8 Å². The maximum atomic E-state index is 12.8. The molecule has 0 saturated heterocycles. The number of benzene rings is 2. The van der Waals surface area contributed by atoms with Crippen molar-refractivity contribution in [3.63, 3.8) is 0 Å². The Balaban J connectivity index is 1.36. The highest BCUT2D eigenvalue weighted by atomic mass is 32.2. The summed E-state index contributed by atoms with van der Waals surface area (Å²) < 4.78 is 7.94. The van der Waals surface area contributed by atoms with E-state index in [-0.39, 0.29) is 11.4 Å². The van der Waals surface area contributed by atoms with Gasteiger partial charge in [0, 0.05) is 17.3 Å². The average Bonchev–Trinajstić information content (AvgIpc) is 3.45. The van der Waals surface area contributed by atoms with Crippen LogP contribution in [0.1, 0.15) is 16.8 Å². The molecule has 0 fully saturated rings. The van der Waals surface area contributed by atoms with Crippen LogP contribution in [0, 0.1) is 12.3 Å². The number of aryl methyl sites for hydroxylation is 1. The molecule has 33 heavy (non-hydrogen) atoms. The predicted octanol–water partition coefficient (Wildman–Crippen LogP) is 5.18. The predicted molar refractivity (Wildman–Crippen MR) is 133 cm³/mol. The van der Waals surface area contributed by atoms with Crippen molar-refractivity contribution >= 4 is 40.4 Å². The lowest BCUT2D eigenvalue weighted by atomic mass is 10.1. The molecule has 1 aromatic heterocycles. The van der Waals surface area contributed by atoms with Crippen LogP contribution in [0.15, 0.2) is 88.9 Å². The highest BCUT2D eigenvalue weighted by Crippen LogP contribution is 2.37. The first-order valence-electron chi connectivity index (χ1n) is 10.6. The van der Waals surface area contributed by atoms with E-state index >= 15 is 0 Å². The fraction of sp³-hybridized carbons (Fsp3) is 0.115. The summed E-state index contributed by atoms with van der Waals surface area (Å²) in [7, 11) is 0. The summed E-state index contributed by atoms with van der Waals surface area (Å²) in [5, 5.41) is 11.3. The number of carbonyl (C=O) groups is 1. The minimum absolute atomic E-state index is 0.133. The number of para-hydroxylation sites is 1. The molecule has 6 nitrogen and oxygen atoms in total. The van der Waals surface area contributed by atoms with Crippen LogP contribution < -0.4 is 4.74 Å². The smallest absolute Gasteiger partial charge is 0.283 e. The summed E-state index contributed by atoms with van der Waals surface area (Å²) in [4.78, 5) is 18.8. The molecule has 1 amide bonds. The number of carbonyl (C=O) groups excluding carboxylic acids is 1. The molecule has 0 radical (unpaired) electrons. The summed E-state index contributed by atoms with van der Waals surface area (Å²) in [5.74, 6) is 0.599. The number of thioether (sulfide) groups is 1. The number of aromatic nitrogens is 1. The fourth-order valence-corrected chi connectivity index (χ4v) is 4.69. The van der Waals surface area contributed by atoms with E-state index in [2.05, 4.69) is 4.99 Å². The highest BCUT2D eigenvalue weighted by Gasteiger charge is 2.36. The van der Waals surface area contributed by atoms with Crippen LogP contribution in [0.4, 0.5) is 0 Å². The molecule has 2 aromatic carbocycles. The molecule has 3 aromatic rings. The van der Waals surface area contributed by atoms with Crippen LogP contribution in [-0.4, -0.2) is 33.0 Å². The Labute approximate surface area is 196 Å². The van der Waals surface area contributed by atoms with E-state index in [0.717, 1.165) is 28.3 Å². The van der Waals surface area contributed by atoms with Gasteiger partial charge in [-0.1, -0.05) is 60.3 Å². The second-order valence-electron chi connectivity index (χ2n) is 7.67. The van der Waals surface area contributed by atoms with Gasteiger partial charge in [-0.05, 0) is 42.3 Å². The van der Waals surface area contributed by atoms with E-state index in [1.54, 1.807) is 11.0 Å². The average molecular weight is 455 g/mol. The van der Waals surface area contributed by atoms with E-state index in [0.29, 0.717) is 18.3 Å². The highest BCUT2D eigenvalue weighted by molar-refractivity contribution is 8.17. The maximum absolute atomic E-state index is 12.8. The van der Waals surface area contributed by atoms with Gasteiger partial charge in [-0.3, -0.25) is 15.1 Å². The Kier molecular flexibility index (Phi) is 5.71. The number of aliphatic imine (C=N–C) groups is 1. The molecule has 0 unspecified atom stereocenters. The minimum Gasteiger partial charge on any atom is -0.491 e. The first-order chi connectivity index (χ1) is 16.1. The Bertz CT molecular complexity index is 1320. The lowest BCUT2D eigenvalue weighted by molar-refractivity contribution is -0.114. The molecule has 7 heteroatoms. The lowest BCUT2D eigenvalue weighted by Crippen LogP contribution is -2.38. The Morgan fingerprint density at radius 1 is 1.06 bits per heavy atom. The van der Waals surface area contributed by atoms with Crippen molar-refractivity contribution < 1.29 is 9.53 Å². The third-order valence-corrected chi connectivity index (χ3v) is 6.35. The lowest BCUT2D eigenvalue weighted by Gasteiger charge is -2.27. The second-order valence-corrected chi connectivity index (χ2v) is 8.51. The van der Waals surface area contributed by atoms with Crippen molar-refractivity contribution in [2.45, 2.75) is 13.5 Å². The first-order valence-corrected chi connectivity index (χ1v) is 11.5. The van der Waals surface area contributed by atoms with Gasteiger partial charge < -0.3 is 9.30 Å². The number of fused-ring (bicyclic) bond motifs is 1. The summed E-state index contributed by atoms with van der Waals surface area (Å²) in [6.07, 6.45) is 3.69. The zero-order valence-electron chi connectivity index (χ0n) is 18.1. The standard InChI is InChI=1S/C26H22N4O2S/c1-18-8-5-6-12-23(18)32-15-14-29-13-7-11-20(29)16-21-24(27)30-22(19-9-3-2-4-10-19)17-33-26(30)28-25(21)31/h2-13,16-17,27H,14-15H2,1H3/b21-16-,27-24?. The molecule has 2 aliphatic heterocycles. The molecule has 164 valence electrons. The molecule has 1 N–H and O–H groups in total. The number of hydrogen-bond acceptors (Lipinski definition) is 4. The normalized spacial score (nSPS) is 16.6. The van der Waals surface area contributed by atoms with Crippen LogP contribution in [-0.2, 0) is 11.3 Å².